The summed E-state index contributed by atoms with van der Waals surface area (Å²) in [5.41, 5.74) is 0. The molecule has 2 aliphatic heterocycles. The number of aliphatic hydroxyl groups excluding tert-OH is 11. The minimum absolute atomic E-state index is 0.664. The molecule has 0 aliphatic carbocycles. The molecular weight excluding hydrogens is 530 g/mol. The number of aliphatic hydroxyl groups is 11. The number of carbonyl (C=O) groups excluding carboxylic acids is 2. The van der Waals surface area contributed by atoms with Crippen molar-refractivity contribution in [3.05, 3.63) is 0 Å². The lowest BCUT2D eigenvalue weighted by Crippen LogP contribution is -2.62. The van der Waals surface area contributed by atoms with Crippen molar-refractivity contribution in [3.63, 3.8) is 0 Å². The highest BCUT2D eigenvalue weighted by molar-refractivity contribution is 6.35. The van der Waals surface area contributed by atoms with E-state index in [1.54, 1.807) is 0 Å². The summed E-state index contributed by atoms with van der Waals surface area (Å²) in [6.45, 7) is -2.35. The van der Waals surface area contributed by atoms with Crippen LogP contribution in [-0.4, -0.2) is 174 Å². The van der Waals surface area contributed by atoms with Crippen molar-refractivity contribution in [3.8, 4) is 0 Å². The number of ether oxygens (including phenoxy) is 4. The predicted octanol–water partition coefficient (Wildman–Crippen LogP) is -8.94. The topological polar surface area (TPSA) is 329 Å². The quantitative estimate of drug-likeness (QED) is 0.0774. The van der Waals surface area contributed by atoms with Crippen LogP contribution in [0.2, 0.25) is 0 Å². The fourth-order valence-electron chi connectivity index (χ4n) is 3.63. The molecule has 19 heteroatoms. The Morgan fingerprint density at radius 3 is 1.76 bits per heavy atom. The second-order valence-electron chi connectivity index (χ2n) is 8.64. The second kappa shape index (κ2) is 14.2. The first-order valence-corrected chi connectivity index (χ1v) is 11.2. The first kappa shape index (κ1) is 32.7. The van der Waals surface area contributed by atoms with Crippen molar-refractivity contribution in [2.24, 2.45) is 5.90 Å². The fourth-order valence-corrected chi connectivity index (χ4v) is 3.63. The molecule has 19 nitrogen and oxygen atoms in total. The zero-order valence-electron chi connectivity index (χ0n) is 19.6. The van der Waals surface area contributed by atoms with Crippen LogP contribution in [0, 0.1) is 0 Å². The van der Waals surface area contributed by atoms with Crippen molar-refractivity contribution in [2.75, 3.05) is 19.8 Å². The molecule has 2 rings (SSSR count). The SMILES string of the molecule is NOC(=O)C(=O)[C@H](O)[C@@H](O)[C@H](O)[C@H](O)CO[C@H]1O[C@H](CO[C@H]2O[C@H](CO)[C@@H](O)[C@H](O)[C@H]2O)[C@@H](O)[C@H](O)[C@H]1O. The first-order chi connectivity index (χ1) is 17.8. The molecule has 2 saturated heterocycles. The van der Waals surface area contributed by atoms with E-state index in [4.69, 9.17) is 18.9 Å². The highest BCUT2D eigenvalue weighted by atomic mass is 16.7. The molecule has 0 saturated carbocycles. The lowest BCUT2D eigenvalue weighted by Gasteiger charge is -2.42. The van der Waals surface area contributed by atoms with Crippen molar-refractivity contribution in [2.45, 2.75) is 85.8 Å². The zero-order chi connectivity index (χ0) is 28.9. The van der Waals surface area contributed by atoms with Crippen LogP contribution in [0.4, 0.5) is 0 Å². The Hall–Kier alpha value is -1.50. The van der Waals surface area contributed by atoms with E-state index in [-0.39, 0.29) is 0 Å². The molecule has 0 radical (unpaired) electrons. The van der Waals surface area contributed by atoms with Gasteiger partial charge in [0, 0.05) is 0 Å². The van der Waals surface area contributed by atoms with Gasteiger partial charge in [-0.3, -0.25) is 4.79 Å². The summed E-state index contributed by atoms with van der Waals surface area (Å²) in [5.74, 6) is 1.02. The van der Waals surface area contributed by atoms with E-state index in [2.05, 4.69) is 10.7 Å². The van der Waals surface area contributed by atoms with Crippen LogP contribution in [0.1, 0.15) is 0 Å². The van der Waals surface area contributed by atoms with E-state index < -0.39 is 117 Å². The van der Waals surface area contributed by atoms with Gasteiger partial charge in [0.25, 0.3) is 5.78 Å². The van der Waals surface area contributed by atoms with Gasteiger partial charge in [-0.05, 0) is 0 Å². The molecular formula is C19H33NO18. The van der Waals surface area contributed by atoms with E-state index in [0.717, 1.165) is 0 Å². The minimum Gasteiger partial charge on any atom is -0.394 e. The first-order valence-electron chi connectivity index (χ1n) is 11.2. The molecule has 0 spiro atoms. The lowest BCUT2D eigenvalue weighted by atomic mass is 9.98. The second-order valence-corrected chi connectivity index (χ2v) is 8.64. The van der Waals surface area contributed by atoms with Gasteiger partial charge in [-0.15, -0.1) is 0 Å². The van der Waals surface area contributed by atoms with Gasteiger partial charge in [0.15, 0.2) is 18.7 Å². The number of hydrogen-bond acceptors (Lipinski definition) is 19. The average molecular weight is 563 g/mol. The highest BCUT2D eigenvalue weighted by Gasteiger charge is 2.48. The standard InChI is InChI=1S/C19H33NO18/c20-38-17(33)14(30)13(29)10(26)7(23)4(22)2-34-18-16(32)12(28)9(25)6(37-18)3-35-19-15(31)11(27)8(24)5(1-21)36-19/h4-13,15-16,18-19,21-29,31-32H,1-3,20H2/t4-,5-,6-,7-,8-,9-,10+,11+,12+,13-,15-,16-,18+,19+/m1/s1. The van der Waals surface area contributed by atoms with Gasteiger partial charge in [-0.25, -0.2) is 4.79 Å². The van der Waals surface area contributed by atoms with Gasteiger partial charge in [0.2, 0.25) is 0 Å². The van der Waals surface area contributed by atoms with Crippen LogP contribution in [0.15, 0.2) is 0 Å². The fraction of sp³-hybridized carbons (Fsp3) is 0.895. The third-order valence-electron chi connectivity index (χ3n) is 6.02. The molecule has 2 fully saturated rings. The number of Topliss-reactive ketones (excluding diaryl/α,β-unsaturated/α-hetero) is 1. The maximum absolute atomic E-state index is 11.5. The van der Waals surface area contributed by atoms with Gasteiger partial charge in [0.05, 0.1) is 19.8 Å². The van der Waals surface area contributed by atoms with Crippen LogP contribution in [-0.2, 0) is 33.4 Å². The average Bonchev–Trinajstić information content (AvgIpc) is 2.92. The summed E-state index contributed by atoms with van der Waals surface area (Å²) in [6, 6.07) is 0. The molecule has 2 aliphatic rings. The lowest BCUT2D eigenvalue weighted by molar-refractivity contribution is -0.333. The van der Waals surface area contributed by atoms with E-state index in [9.17, 15) is 65.8 Å². The summed E-state index contributed by atoms with van der Waals surface area (Å²) in [5, 5.41) is 109. The maximum Gasteiger partial charge on any atom is 0.395 e. The largest absolute Gasteiger partial charge is 0.395 e. The third-order valence-corrected chi connectivity index (χ3v) is 6.02. The van der Waals surface area contributed by atoms with Crippen LogP contribution < -0.4 is 5.90 Å². The Kier molecular flexibility index (Phi) is 12.2. The van der Waals surface area contributed by atoms with E-state index in [0.29, 0.717) is 0 Å². The Bertz CT molecular complexity index is 772. The maximum atomic E-state index is 11.5. The number of rotatable bonds is 12. The monoisotopic (exact) mass is 563 g/mol. The van der Waals surface area contributed by atoms with E-state index >= 15 is 0 Å². The van der Waals surface area contributed by atoms with Crippen LogP contribution in [0.5, 0.6) is 0 Å². The summed E-state index contributed by atoms with van der Waals surface area (Å²) in [7, 11) is 0. The Morgan fingerprint density at radius 1 is 0.737 bits per heavy atom. The molecule has 222 valence electrons. The van der Waals surface area contributed by atoms with Crippen LogP contribution in [0.25, 0.3) is 0 Å². The summed E-state index contributed by atoms with van der Waals surface area (Å²) < 4.78 is 20.8. The Labute approximate surface area is 213 Å². The van der Waals surface area contributed by atoms with Gasteiger partial charge >= 0.3 is 5.97 Å². The van der Waals surface area contributed by atoms with Gasteiger partial charge in [0.1, 0.15) is 67.1 Å². The zero-order valence-corrected chi connectivity index (χ0v) is 19.6. The molecule has 14 atom stereocenters. The van der Waals surface area contributed by atoms with Gasteiger partial charge in [-0.1, -0.05) is 0 Å². The van der Waals surface area contributed by atoms with Crippen molar-refractivity contribution < 1.29 is 89.5 Å². The molecule has 0 aromatic carbocycles. The molecule has 0 aromatic heterocycles. The number of ketones is 1. The molecule has 0 amide bonds. The Balaban J connectivity index is 1.96. The molecule has 2 heterocycles. The predicted molar refractivity (Wildman–Crippen MR) is 112 cm³/mol. The van der Waals surface area contributed by atoms with Crippen molar-refractivity contribution >= 4 is 11.8 Å². The number of nitrogens with two attached hydrogens (primary N) is 1. The number of carbonyl (C=O) groups is 2. The summed E-state index contributed by atoms with van der Waals surface area (Å²) >= 11 is 0. The molecule has 0 unspecified atom stereocenters. The molecule has 0 bridgehead atoms. The van der Waals surface area contributed by atoms with E-state index in [1.165, 1.54) is 0 Å². The third kappa shape index (κ3) is 7.37. The van der Waals surface area contributed by atoms with Crippen molar-refractivity contribution in [1.82, 2.24) is 0 Å². The minimum atomic E-state index is -2.53. The molecule has 38 heavy (non-hydrogen) atoms. The van der Waals surface area contributed by atoms with Crippen LogP contribution >= 0.6 is 0 Å². The molecule has 0 aromatic rings. The smallest absolute Gasteiger partial charge is 0.394 e. The van der Waals surface area contributed by atoms with Gasteiger partial charge in [-0.2, -0.15) is 5.90 Å². The number of hydrogen-bond donors (Lipinski definition) is 12. The molecule has 13 N–H and O–H groups in total. The highest BCUT2D eigenvalue weighted by Crippen LogP contribution is 2.26. The normalized spacial score (nSPS) is 39.2. The van der Waals surface area contributed by atoms with Crippen LogP contribution in [0.3, 0.4) is 0 Å². The van der Waals surface area contributed by atoms with E-state index in [1.807, 2.05) is 0 Å². The van der Waals surface area contributed by atoms with Crippen molar-refractivity contribution in [1.29, 1.82) is 0 Å². The summed E-state index contributed by atoms with van der Waals surface area (Å²) in [6.07, 6.45) is -26.3. The Morgan fingerprint density at radius 2 is 1.24 bits per heavy atom. The van der Waals surface area contributed by atoms with Gasteiger partial charge < -0.3 is 80.0 Å². The summed E-state index contributed by atoms with van der Waals surface area (Å²) in [4.78, 5) is 26.1.